The fraction of sp³-hybridized carbons (Fsp3) is 0.222. The van der Waals surface area contributed by atoms with Crippen molar-refractivity contribution in [2.24, 2.45) is 0 Å². The van der Waals surface area contributed by atoms with Crippen molar-refractivity contribution in [1.82, 2.24) is 10.2 Å². The van der Waals surface area contributed by atoms with Crippen LogP contribution >= 0.6 is 0 Å². The first-order valence-corrected chi connectivity index (χ1v) is 11.2. The van der Waals surface area contributed by atoms with Gasteiger partial charge in [0, 0.05) is 31.6 Å². The summed E-state index contributed by atoms with van der Waals surface area (Å²) in [5.74, 6) is -1.09. The molecule has 2 aliphatic rings. The summed E-state index contributed by atoms with van der Waals surface area (Å²) in [6, 6.07) is 24.9. The van der Waals surface area contributed by atoms with Crippen LogP contribution in [0.3, 0.4) is 0 Å². The molecule has 0 aliphatic carbocycles. The molecule has 6 nitrogen and oxygen atoms in total. The van der Waals surface area contributed by atoms with Gasteiger partial charge in [-0.15, -0.1) is 0 Å². The molecule has 3 aromatic rings. The third-order valence-corrected chi connectivity index (χ3v) is 6.37. The van der Waals surface area contributed by atoms with Crippen molar-refractivity contribution in [3.8, 4) is 11.1 Å². The van der Waals surface area contributed by atoms with Crippen molar-refractivity contribution in [3.63, 3.8) is 0 Å². The Morgan fingerprint density at radius 1 is 0.909 bits per heavy atom. The number of amides is 3. The van der Waals surface area contributed by atoms with Crippen LogP contribution in [0.25, 0.3) is 11.1 Å². The molecule has 5 rings (SSSR count). The third kappa shape index (κ3) is 4.24. The number of para-hydroxylation sites is 1. The molecule has 2 atom stereocenters. The number of nitrogens with zero attached hydrogens (tertiary/aromatic N) is 1. The Bertz CT molecular complexity index is 1210. The molecule has 1 saturated heterocycles. The number of piperazine rings is 1. The van der Waals surface area contributed by atoms with Gasteiger partial charge in [-0.25, -0.2) is 0 Å². The van der Waals surface area contributed by atoms with Crippen LogP contribution in [-0.2, 0) is 20.8 Å². The van der Waals surface area contributed by atoms with Crippen LogP contribution in [0.2, 0.25) is 0 Å². The van der Waals surface area contributed by atoms with Crippen molar-refractivity contribution in [1.29, 1.82) is 0 Å². The van der Waals surface area contributed by atoms with Gasteiger partial charge in [0.25, 0.3) is 0 Å². The first-order chi connectivity index (χ1) is 16.1. The first-order valence-electron chi connectivity index (χ1n) is 11.2. The molecular weight excluding hydrogens is 414 g/mol. The van der Waals surface area contributed by atoms with Gasteiger partial charge in [0.2, 0.25) is 17.7 Å². The fourth-order valence-electron chi connectivity index (χ4n) is 4.74. The predicted octanol–water partition coefficient (Wildman–Crippen LogP) is 3.35. The highest BCUT2D eigenvalue weighted by Gasteiger charge is 2.39. The van der Waals surface area contributed by atoms with Gasteiger partial charge in [-0.3, -0.25) is 14.4 Å². The monoisotopic (exact) mass is 439 g/mol. The molecule has 6 heteroatoms. The number of hydrogen-bond donors (Lipinski definition) is 2. The molecular formula is C27H25N3O3. The van der Waals surface area contributed by atoms with E-state index >= 15 is 0 Å². The lowest BCUT2D eigenvalue weighted by Gasteiger charge is -2.38. The van der Waals surface area contributed by atoms with Crippen LogP contribution in [0.4, 0.5) is 5.69 Å². The van der Waals surface area contributed by atoms with Crippen molar-refractivity contribution >= 4 is 23.4 Å². The fourth-order valence-corrected chi connectivity index (χ4v) is 4.74. The summed E-state index contributed by atoms with van der Waals surface area (Å²) < 4.78 is 0. The highest BCUT2D eigenvalue weighted by molar-refractivity contribution is 6.02. The predicted molar refractivity (Wildman–Crippen MR) is 127 cm³/mol. The third-order valence-electron chi connectivity index (χ3n) is 6.37. The summed E-state index contributed by atoms with van der Waals surface area (Å²) in [5.41, 5.74) is 4.63. The minimum atomic E-state index is -0.616. The van der Waals surface area contributed by atoms with E-state index in [0.29, 0.717) is 25.2 Å². The Labute approximate surface area is 192 Å². The molecule has 3 aromatic carbocycles. The number of fused-ring (bicyclic) bond motifs is 1. The molecule has 0 spiro atoms. The lowest BCUT2D eigenvalue weighted by molar-refractivity contribution is -0.145. The topological polar surface area (TPSA) is 78.5 Å². The van der Waals surface area contributed by atoms with Crippen molar-refractivity contribution in [2.45, 2.75) is 24.8 Å². The van der Waals surface area contributed by atoms with Crippen LogP contribution in [0.1, 0.15) is 23.5 Å². The van der Waals surface area contributed by atoms with Crippen LogP contribution in [-0.4, -0.2) is 41.8 Å². The van der Waals surface area contributed by atoms with E-state index in [9.17, 15) is 14.4 Å². The number of benzene rings is 3. The van der Waals surface area contributed by atoms with Crippen molar-refractivity contribution in [2.75, 3.05) is 18.4 Å². The van der Waals surface area contributed by atoms with Crippen LogP contribution < -0.4 is 10.6 Å². The largest absolute Gasteiger partial charge is 0.353 e. The minimum Gasteiger partial charge on any atom is -0.353 e. The van der Waals surface area contributed by atoms with E-state index in [2.05, 4.69) is 16.7 Å². The lowest BCUT2D eigenvalue weighted by atomic mass is 9.88. The van der Waals surface area contributed by atoms with Gasteiger partial charge in [0.1, 0.15) is 6.04 Å². The molecule has 3 amide bonds. The van der Waals surface area contributed by atoms with Crippen LogP contribution in [0.5, 0.6) is 0 Å². The Morgan fingerprint density at radius 2 is 1.67 bits per heavy atom. The number of rotatable bonds is 4. The van der Waals surface area contributed by atoms with E-state index in [1.165, 1.54) is 0 Å². The SMILES string of the molecule is O=C1CC(C(=O)N2CCNC(=O)C2Cc2cccc(-c3ccccc3)c2)c2ccccc2N1. The van der Waals surface area contributed by atoms with Gasteiger partial charge in [-0.05, 0) is 28.3 Å². The van der Waals surface area contributed by atoms with E-state index in [1.54, 1.807) is 4.90 Å². The molecule has 2 aliphatic heterocycles. The Morgan fingerprint density at radius 3 is 2.52 bits per heavy atom. The molecule has 1 fully saturated rings. The van der Waals surface area contributed by atoms with E-state index in [4.69, 9.17) is 0 Å². The smallest absolute Gasteiger partial charge is 0.243 e. The molecule has 2 N–H and O–H groups in total. The van der Waals surface area contributed by atoms with E-state index in [1.807, 2.05) is 72.8 Å². The maximum absolute atomic E-state index is 13.7. The molecule has 0 aromatic heterocycles. The van der Waals surface area contributed by atoms with Crippen molar-refractivity contribution < 1.29 is 14.4 Å². The normalized spacial score (nSPS) is 19.9. The van der Waals surface area contributed by atoms with Gasteiger partial charge in [-0.1, -0.05) is 72.8 Å². The Hall–Kier alpha value is -3.93. The summed E-state index contributed by atoms with van der Waals surface area (Å²) >= 11 is 0. The molecule has 0 radical (unpaired) electrons. The maximum atomic E-state index is 13.7. The zero-order valence-electron chi connectivity index (χ0n) is 18.2. The number of anilines is 1. The summed E-state index contributed by atoms with van der Waals surface area (Å²) in [6.07, 6.45) is 0.503. The molecule has 166 valence electrons. The van der Waals surface area contributed by atoms with E-state index in [0.717, 1.165) is 22.3 Å². The summed E-state index contributed by atoms with van der Waals surface area (Å²) in [7, 11) is 0. The minimum absolute atomic E-state index is 0.0875. The Kier molecular flexibility index (Phi) is 5.65. The second-order valence-corrected chi connectivity index (χ2v) is 8.50. The average Bonchev–Trinajstić information content (AvgIpc) is 2.85. The highest BCUT2D eigenvalue weighted by atomic mass is 16.2. The van der Waals surface area contributed by atoms with E-state index < -0.39 is 12.0 Å². The van der Waals surface area contributed by atoms with Crippen LogP contribution in [0.15, 0.2) is 78.9 Å². The van der Waals surface area contributed by atoms with Gasteiger partial charge >= 0.3 is 0 Å². The molecule has 0 saturated carbocycles. The quantitative estimate of drug-likeness (QED) is 0.655. The standard InChI is InChI=1S/C27H25N3O3/c31-25-17-22(21-11-4-5-12-23(21)29-25)27(33)30-14-13-28-26(32)24(30)16-18-7-6-10-20(15-18)19-8-2-1-3-9-19/h1-12,15,22,24H,13-14,16-17H2,(H,28,32)(H,29,31). The molecule has 0 bridgehead atoms. The second kappa shape index (κ2) is 8.90. The Balaban J connectivity index is 1.42. The number of nitrogens with one attached hydrogen (secondary N) is 2. The first kappa shape index (κ1) is 20.9. The zero-order valence-corrected chi connectivity index (χ0v) is 18.2. The number of carbonyl (C=O) groups is 3. The van der Waals surface area contributed by atoms with Gasteiger partial charge < -0.3 is 15.5 Å². The summed E-state index contributed by atoms with van der Waals surface area (Å²) in [6.45, 7) is 0.833. The summed E-state index contributed by atoms with van der Waals surface area (Å²) in [4.78, 5) is 40.5. The second-order valence-electron chi connectivity index (χ2n) is 8.50. The number of carbonyl (C=O) groups excluding carboxylic acids is 3. The van der Waals surface area contributed by atoms with Gasteiger partial charge in [0.15, 0.2) is 0 Å². The van der Waals surface area contributed by atoms with Gasteiger partial charge in [0.05, 0.1) is 5.92 Å². The van der Waals surface area contributed by atoms with Crippen LogP contribution in [0, 0.1) is 0 Å². The van der Waals surface area contributed by atoms with Gasteiger partial charge in [-0.2, -0.15) is 0 Å². The number of hydrogen-bond acceptors (Lipinski definition) is 3. The lowest BCUT2D eigenvalue weighted by Crippen LogP contribution is -2.59. The molecule has 2 heterocycles. The summed E-state index contributed by atoms with van der Waals surface area (Å²) in [5, 5.41) is 5.74. The van der Waals surface area contributed by atoms with Crippen molar-refractivity contribution in [3.05, 3.63) is 90.0 Å². The maximum Gasteiger partial charge on any atom is 0.243 e. The van der Waals surface area contributed by atoms with E-state index in [-0.39, 0.29) is 24.1 Å². The zero-order chi connectivity index (χ0) is 22.8. The highest BCUT2D eigenvalue weighted by Crippen LogP contribution is 2.34. The molecule has 33 heavy (non-hydrogen) atoms. The average molecular weight is 440 g/mol. The molecule has 2 unspecified atom stereocenters.